The highest BCUT2D eigenvalue weighted by Crippen LogP contribution is 2.36. The average Bonchev–Trinajstić information content (AvgIpc) is 2.49. The second-order valence-corrected chi connectivity index (χ2v) is 9.41. The van der Waals surface area contributed by atoms with Gasteiger partial charge in [-0.2, -0.15) is 0 Å². The van der Waals surface area contributed by atoms with Gasteiger partial charge in [-0.1, -0.05) is 39.5 Å². The largest absolute Gasteiger partial charge is 0.312 e. The first-order valence-electron chi connectivity index (χ1n) is 9.03. The van der Waals surface area contributed by atoms with Gasteiger partial charge in [-0.3, -0.25) is 0 Å². The summed E-state index contributed by atoms with van der Waals surface area (Å²) in [5.41, 5.74) is 0. The van der Waals surface area contributed by atoms with Gasteiger partial charge in [0.15, 0.2) is 9.84 Å². The minimum atomic E-state index is -2.88. The number of sulfone groups is 1. The maximum absolute atomic E-state index is 12.5. The highest BCUT2D eigenvalue weighted by atomic mass is 32.2. The first-order valence-corrected chi connectivity index (χ1v) is 10.7. The predicted molar refractivity (Wildman–Crippen MR) is 89.2 cm³/mol. The Hall–Kier alpha value is -0.0900. The first kappa shape index (κ1) is 17.3. The second kappa shape index (κ2) is 7.96. The molecule has 124 valence electrons. The Bertz CT molecular complexity index is 399. The van der Waals surface area contributed by atoms with Crippen LogP contribution >= 0.6 is 0 Å². The van der Waals surface area contributed by atoms with Crippen LogP contribution in [0.2, 0.25) is 0 Å². The van der Waals surface area contributed by atoms with E-state index in [4.69, 9.17) is 0 Å². The van der Waals surface area contributed by atoms with Crippen molar-refractivity contribution >= 4 is 9.84 Å². The van der Waals surface area contributed by atoms with Crippen LogP contribution in [0.15, 0.2) is 0 Å². The van der Waals surface area contributed by atoms with Gasteiger partial charge in [-0.05, 0) is 50.5 Å². The van der Waals surface area contributed by atoms with Crippen LogP contribution in [0.5, 0.6) is 0 Å². The van der Waals surface area contributed by atoms with E-state index in [2.05, 4.69) is 19.2 Å². The van der Waals surface area contributed by atoms with Crippen LogP contribution in [-0.2, 0) is 9.84 Å². The summed E-state index contributed by atoms with van der Waals surface area (Å²) >= 11 is 0. The van der Waals surface area contributed by atoms with Crippen molar-refractivity contribution in [3.63, 3.8) is 0 Å². The summed E-state index contributed by atoms with van der Waals surface area (Å²) in [6, 6.07) is 0.202. The van der Waals surface area contributed by atoms with Gasteiger partial charge < -0.3 is 5.32 Å². The second-order valence-electron chi connectivity index (χ2n) is 7.07. The molecule has 4 heteroatoms. The van der Waals surface area contributed by atoms with Crippen LogP contribution in [0.25, 0.3) is 0 Å². The molecule has 2 fully saturated rings. The molecule has 1 saturated carbocycles. The van der Waals surface area contributed by atoms with Gasteiger partial charge in [0, 0.05) is 6.04 Å². The fourth-order valence-electron chi connectivity index (χ4n) is 4.25. The summed E-state index contributed by atoms with van der Waals surface area (Å²) in [5.74, 6) is 1.85. The van der Waals surface area contributed by atoms with Gasteiger partial charge in [0.1, 0.15) is 0 Å². The highest BCUT2D eigenvalue weighted by molar-refractivity contribution is 7.92. The number of hydrogen-bond donors (Lipinski definition) is 1. The monoisotopic (exact) mass is 315 g/mol. The Morgan fingerprint density at radius 3 is 2.33 bits per heavy atom. The third-order valence-corrected chi connectivity index (χ3v) is 7.95. The summed E-state index contributed by atoms with van der Waals surface area (Å²) in [4.78, 5) is 0. The van der Waals surface area contributed by atoms with Crippen molar-refractivity contribution in [3.8, 4) is 0 Å². The maximum atomic E-state index is 12.5. The molecule has 2 rings (SSSR count). The fraction of sp³-hybridized carbons (Fsp3) is 1.00. The molecule has 1 aliphatic heterocycles. The molecule has 1 N–H and O–H groups in total. The van der Waals surface area contributed by atoms with E-state index < -0.39 is 9.84 Å². The van der Waals surface area contributed by atoms with E-state index in [-0.39, 0.29) is 11.3 Å². The molecule has 3 nitrogen and oxygen atoms in total. The first-order chi connectivity index (χ1) is 10.1. The zero-order valence-corrected chi connectivity index (χ0v) is 14.6. The van der Waals surface area contributed by atoms with E-state index in [0.29, 0.717) is 11.7 Å². The van der Waals surface area contributed by atoms with Crippen molar-refractivity contribution in [2.45, 2.75) is 82.9 Å². The molecule has 2 atom stereocenters. The predicted octanol–water partition coefficient (Wildman–Crippen LogP) is 3.54. The van der Waals surface area contributed by atoms with Crippen molar-refractivity contribution in [2.75, 3.05) is 12.3 Å². The molecular weight excluding hydrogens is 282 g/mol. The molecule has 0 amide bonds. The molecule has 0 aromatic rings. The molecule has 1 aliphatic carbocycles. The van der Waals surface area contributed by atoms with Crippen LogP contribution in [0.3, 0.4) is 0 Å². The number of nitrogens with one attached hydrogen (secondary N) is 1. The molecule has 0 bridgehead atoms. The van der Waals surface area contributed by atoms with E-state index in [9.17, 15) is 8.42 Å². The van der Waals surface area contributed by atoms with Gasteiger partial charge in [-0.15, -0.1) is 0 Å². The molecule has 0 spiro atoms. The van der Waals surface area contributed by atoms with Crippen molar-refractivity contribution < 1.29 is 8.42 Å². The van der Waals surface area contributed by atoms with Crippen LogP contribution in [0.4, 0.5) is 0 Å². The van der Waals surface area contributed by atoms with Crippen molar-refractivity contribution in [2.24, 2.45) is 11.8 Å². The lowest BCUT2D eigenvalue weighted by Gasteiger charge is -2.39. The Morgan fingerprint density at radius 2 is 1.76 bits per heavy atom. The van der Waals surface area contributed by atoms with Gasteiger partial charge in [0.25, 0.3) is 0 Å². The zero-order chi connectivity index (χ0) is 15.3. The molecule has 1 saturated heterocycles. The maximum Gasteiger partial charge on any atom is 0.154 e. The Morgan fingerprint density at radius 1 is 1.05 bits per heavy atom. The number of hydrogen-bond acceptors (Lipinski definition) is 3. The molecule has 2 unspecified atom stereocenters. The van der Waals surface area contributed by atoms with Gasteiger partial charge >= 0.3 is 0 Å². The smallest absolute Gasteiger partial charge is 0.154 e. The van der Waals surface area contributed by atoms with E-state index >= 15 is 0 Å². The average molecular weight is 316 g/mol. The molecule has 21 heavy (non-hydrogen) atoms. The van der Waals surface area contributed by atoms with Crippen LogP contribution in [0.1, 0.15) is 71.6 Å². The molecule has 1 heterocycles. The molecule has 0 aromatic carbocycles. The summed E-state index contributed by atoms with van der Waals surface area (Å²) in [6.07, 6.45) is 10.2. The highest BCUT2D eigenvalue weighted by Gasteiger charge is 2.40. The fourth-order valence-corrected chi connectivity index (χ4v) is 6.45. The summed E-state index contributed by atoms with van der Waals surface area (Å²) < 4.78 is 25.0. The zero-order valence-electron chi connectivity index (χ0n) is 13.8. The van der Waals surface area contributed by atoms with E-state index in [1.165, 1.54) is 32.1 Å². The molecule has 0 radical (unpaired) electrons. The lowest BCUT2D eigenvalue weighted by molar-refractivity contribution is 0.208. The lowest BCUT2D eigenvalue weighted by Crippen LogP contribution is -2.51. The quantitative estimate of drug-likeness (QED) is 0.815. The topological polar surface area (TPSA) is 46.2 Å². The molecule has 0 aromatic heterocycles. The van der Waals surface area contributed by atoms with Crippen LogP contribution < -0.4 is 5.32 Å². The minimum Gasteiger partial charge on any atom is -0.312 e. The van der Waals surface area contributed by atoms with Gasteiger partial charge in [0.2, 0.25) is 0 Å². The summed E-state index contributed by atoms with van der Waals surface area (Å²) in [6.45, 7) is 5.39. The van der Waals surface area contributed by atoms with Crippen molar-refractivity contribution in [1.29, 1.82) is 0 Å². The molecular formula is C17H33NO2S. The van der Waals surface area contributed by atoms with Crippen LogP contribution in [0, 0.1) is 11.8 Å². The SMILES string of the molecule is CCCNC(C1CCC(CC)CC1)C1CCCCS1(=O)=O. The summed E-state index contributed by atoms with van der Waals surface area (Å²) in [7, 11) is -2.88. The Balaban J connectivity index is 2.07. The van der Waals surface area contributed by atoms with Crippen molar-refractivity contribution in [1.82, 2.24) is 5.32 Å². The number of rotatable bonds is 6. The Kier molecular flexibility index (Phi) is 6.54. The normalized spacial score (nSPS) is 34.5. The Labute approximate surface area is 131 Å². The van der Waals surface area contributed by atoms with Crippen LogP contribution in [-0.4, -0.2) is 32.0 Å². The third-order valence-electron chi connectivity index (χ3n) is 5.64. The van der Waals surface area contributed by atoms with E-state index in [0.717, 1.165) is 38.1 Å². The van der Waals surface area contributed by atoms with Gasteiger partial charge in [0.05, 0.1) is 11.0 Å². The van der Waals surface area contributed by atoms with E-state index in [1.54, 1.807) is 0 Å². The standard InChI is InChI=1S/C17H33NO2S/c1-3-12-18-17(15-10-8-14(4-2)9-11-15)16-7-5-6-13-21(16,19)20/h14-18H,3-13H2,1-2H3. The third kappa shape index (κ3) is 4.44. The van der Waals surface area contributed by atoms with Gasteiger partial charge in [-0.25, -0.2) is 8.42 Å². The lowest BCUT2D eigenvalue weighted by atomic mass is 9.76. The van der Waals surface area contributed by atoms with E-state index in [1.807, 2.05) is 0 Å². The summed E-state index contributed by atoms with van der Waals surface area (Å²) in [5, 5.41) is 3.49. The minimum absolute atomic E-state index is 0.124. The molecule has 2 aliphatic rings. The van der Waals surface area contributed by atoms with Crippen molar-refractivity contribution in [3.05, 3.63) is 0 Å².